The van der Waals surface area contributed by atoms with Crippen LogP contribution in [0.15, 0.2) is 78.4 Å². The molecule has 9 nitrogen and oxygen atoms in total. The number of aromatic nitrogens is 1. The number of nitro benzene ring substituents is 1. The topological polar surface area (TPSA) is 123 Å². The lowest BCUT2D eigenvalue weighted by atomic mass is 9.95. The van der Waals surface area contributed by atoms with Crippen molar-refractivity contribution < 1.29 is 24.4 Å². The molecular weight excluding hydrogens is 470 g/mol. The number of carbonyl (C=O) groups is 2. The smallest absolute Gasteiger partial charge is 0.301 e. The molecule has 0 bridgehead atoms. The summed E-state index contributed by atoms with van der Waals surface area (Å²) in [6.45, 7) is 0. The Morgan fingerprint density at radius 3 is 2.46 bits per heavy atom. The number of aliphatic hydroxyl groups excluding tert-OH is 1. The maximum absolute atomic E-state index is 13.3. The van der Waals surface area contributed by atoms with Gasteiger partial charge in [-0.2, -0.15) is 0 Å². The first-order valence-electron chi connectivity index (χ1n) is 10.4. The molecule has 0 saturated carbocycles. The standard InChI is InChI=1S/C25H17N3O6S/c1-34-17-11-12-18-19(13-17)35-25(26-18)27-21(14-7-9-16(10-8-14)28(32)33)20(23(30)24(27)31)22(29)15-5-3-2-4-6-15/h2-13,21,29H,1H3/b22-20+. The molecule has 3 aromatic carbocycles. The third-order valence-corrected chi connectivity index (χ3v) is 6.72. The molecule has 10 heteroatoms. The van der Waals surface area contributed by atoms with Gasteiger partial charge in [-0.25, -0.2) is 4.98 Å². The number of hydrogen-bond donors (Lipinski definition) is 1. The van der Waals surface area contributed by atoms with E-state index in [1.807, 2.05) is 0 Å². The van der Waals surface area contributed by atoms with Crippen LogP contribution in [-0.2, 0) is 9.59 Å². The van der Waals surface area contributed by atoms with E-state index in [1.54, 1.807) is 55.6 Å². The molecule has 5 rings (SSSR count). The highest BCUT2D eigenvalue weighted by molar-refractivity contribution is 7.22. The fraction of sp³-hybridized carbons (Fsp3) is 0.0800. The van der Waals surface area contributed by atoms with Crippen LogP contribution in [0.5, 0.6) is 5.75 Å². The largest absolute Gasteiger partial charge is 0.507 e. The number of amides is 1. The number of rotatable bonds is 5. The Kier molecular flexibility index (Phi) is 5.50. The Bertz CT molecular complexity index is 1510. The lowest BCUT2D eigenvalue weighted by Crippen LogP contribution is -2.29. The SMILES string of the molecule is COc1ccc2nc(N3C(=O)C(=O)/C(=C(/O)c4ccccc4)C3c3ccc([N+](=O)[O-])cc3)sc2c1. The lowest BCUT2D eigenvalue weighted by Gasteiger charge is -2.22. The fourth-order valence-corrected chi connectivity index (χ4v) is 5.02. The maximum atomic E-state index is 13.3. The molecule has 174 valence electrons. The summed E-state index contributed by atoms with van der Waals surface area (Å²) in [7, 11) is 1.54. The predicted molar refractivity (Wildman–Crippen MR) is 130 cm³/mol. The number of nitrogens with zero attached hydrogens (tertiary/aromatic N) is 3. The van der Waals surface area contributed by atoms with Gasteiger partial charge in [-0.05, 0) is 35.9 Å². The summed E-state index contributed by atoms with van der Waals surface area (Å²) in [5, 5.41) is 22.5. The normalized spacial score (nSPS) is 17.2. The number of nitro groups is 1. The van der Waals surface area contributed by atoms with Crippen molar-refractivity contribution in [3.8, 4) is 5.75 Å². The van der Waals surface area contributed by atoms with Crippen molar-refractivity contribution in [3.63, 3.8) is 0 Å². The average molecular weight is 487 g/mol. The van der Waals surface area contributed by atoms with Gasteiger partial charge in [-0.15, -0.1) is 0 Å². The third kappa shape index (κ3) is 3.79. The minimum absolute atomic E-state index is 0.119. The van der Waals surface area contributed by atoms with Crippen LogP contribution in [0.1, 0.15) is 17.2 Å². The Morgan fingerprint density at radius 2 is 1.80 bits per heavy atom. The van der Waals surface area contributed by atoms with Crippen LogP contribution in [0, 0.1) is 10.1 Å². The molecule has 2 heterocycles. The number of benzene rings is 3. The number of fused-ring (bicyclic) bond motifs is 1. The predicted octanol–water partition coefficient (Wildman–Crippen LogP) is 4.84. The van der Waals surface area contributed by atoms with Gasteiger partial charge in [0.25, 0.3) is 11.5 Å². The summed E-state index contributed by atoms with van der Waals surface area (Å²) in [6.07, 6.45) is 0. The van der Waals surface area contributed by atoms with Crippen molar-refractivity contribution in [3.05, 3.63) is 99.6 Å². The number of anilines is 1. The van der Waals surface area contributed by atoms with Crippen LogP contribution in [0.25, 0.3) is 16.0 Å². The van der Waals surface area contributed by atoms with Gasteiger partial charge in [0.05, 0.1) is 33.9 Å². The second-order valence-corrected chi connectivity index (χ2v) is 8.72. The second-order valence-electron chi connectivity index (χ2n) is 7.71. The molecule has 35 heavy (non-hydrogen) atoms. The fourth-order valence-electron chi connectivity index (χ4n) is 4.00. The molecule has 4 aromatic rings. The zero-order valence-electron chi connectivity index (χ0n) is 18.2. The highest BCUT2D eigenvalue weighted by atomic mass is 32.1. The summed E-state index contributed by atoms with van der Waals surface area (Å²) in [6, 6.07) is 18.2. The Morgan fingerprint density at radius 1 is 1.09 bits per heavy atom. The van der Waals surface area contributed by atoms with Crippen LogP contribution in [0.3, 0.4) is 0 Å². The number of methoxy groups -OCH3 is 1. The van der Waals surface area contributed by atoms with E-state index in [1.165, 1.54) is 40.5 Å². The first-order valence-corrected chi connectivity index (χ1v) is 11.3. The molecule has 1 aliphatic heterocycles. The molecule has 1 saturated heterocycles. The molecule has 0 aliphatic carbocycles. The molecule has 1 atom stereocenters. The summed E-state index contributed by atoms with van der Waals surface area (Å²) < 4.78 is 6.00. The van der Waals surface area contributed by atoms with E-state index in [4.69, 9.17) is 4.74 Å². The number of hydrogen-bond acceptors (Lipinski definition) is 8. The van der Waals surface area contributed by atoms with Crippen LogP contribution in [-0.4, -0.2) is 33.8 Å². The van der Waals surface area contributed by atoms with E-state index in [0.717, 1.165) is 4.70 Å². The zero-order valence-corrected chi connectivity index (χ0v) is 19.1. The lowest BCUT2D eigenvalue weighted by molar-refractivity contribution is -0.384. The number of ketones is 1. The van der Waals surface area contributed by atoms with E-state index < -0.39 is 22.7 Å². The summed E-state index contributed by atoms with van der Waals surface area (Å²) in [5.74, 6) is -1.44. The summed E-state index contributed by atoms with van der Waals surface area (Å²) in [4.78, 5) is 42.9. The van der Waals surface area contributed by atoms with Gasteiger partial charge in [0.1, 0.15) is 11.5 Å². The minimum Gasteiger partial charge on any atom is -0.507 e. The highest BCUT2D eigenvalue weighted by Gasteiger charge is 2.48. The third-order valence-electron chi connectivity index (χ3n) is 5.70. The summed E-state index contributed by atoms with van der Waals surface area (Å²) in [5.41, 5.74) is 1.14. The van der Waals surface area contributed by atoms with Crippen molar-refractivity contribution in [2.75, 3.05) is 12.0 Å². The van der Waals surface area contributed by atoms with Crippen LogP contribution < -0.4 is 9.64 Å². The Balaban J connectivity index is 1.71. The molecule has 0 radical (unpaired) electrons. The quantitative estimate of drug-likeness (QED) is 0.140. The average Bonchev–Trinajstić information content (AvgIpc) is 3.41. The molecular formula is C25H17N3O6S. The van der Waals surface area contributed by atoms with Crippen LogP contribution >= 0.6 is 11.3 Å². The molecule has 1 aromatic heterocycles. The van der Waals surface area contributed by atoms with Crippen molar-refractivity contribution in [1.29, 1.82) is 0 Å². The van der Waals surface area contributed by atoms with Crippen LogP contribution in [0.4, 0.5) is 10.8 Å². The minimum atomic E-state index is -1.03. The number of ether oxygens (including phenoxy) is 1. The Hall–Kier alpha value is -4.57. The van der Waals surface area contributed by atoms with Gasteiger partial charge >= 0.3 is 5.91 Å². The van der Waals surface area contributed by atoms with E-state index >= 15 is 0 Å². The monoisotopic (exact) mass is 487 g/mol. The second kappa shape index (κ2) is 8.65. The highest BCUT2D eigenvalue weighted by Crippen LogP contribution is 2.44. The van der Waals surface area contributed by atoms with Crippen molar-refractivity contribution in [2.45, 2.75) is 6.04 Å². The number of thiazole rings is 1. The van der Waals surface area contributed by atoms with Crippen molar-refractivity contribution in [2.24, 2.45) is 0 Å². The molecule has 1 aliphatic rings. The first kappa shape index (κ1) is 22.2. The molecule has 0 spiro atoms. The number of carbonyl (C=O) groups excluding carboxylic acids is 2. The van der Waals surface area contributed by atoms with E-state index in [9.17, 15) is 24.8 Å². The van der Waals surface area contributed by atoms with Crippen molar-refractivity contribution >= 4 is 49.8 Å². The molecule has 1 amide bonds. The van der Waals surface area contributed by atoms with Gasteiger partial charge in [-0.3, -0.25) is 24.6 Å². The van der Waals surface area contributed by atoms with Crippen molar-refractivity contribution in [1.82, 2.24) is 4.98 Å². The van der Waals surface area contributed by atoms with E-state index in [-0.39, 0.29) is 22.2 Å². The Labute approximate surface area is 202 Å². The van der Waals surface area contributed by atoms with E-state index in [0.29, 0.717) is 22.4 Å². The van der Waals surface area contributed by atoms with Gasteiger partial charge in [0, 0.05) is 17.7 Å². The molecule has 1 fully saturated rings. The maximum Gasteiger partial charge on any atom is 0.301 e. The first-order chi connectivity index (χ1) is 16.9. The van der Waals surface area contributed by atoms with Crippen LogP contribution in [0.2, 0.25) is 0 Å². The number of Topliss-reactive ketones (excluding diaryl/α,β-unsaturated/α-hetero) is 1. The zero-order chi connectivity index (χ0) is 24.7. The molecule has 1 N–H and O–H groups in total. The number of aliphatic hydroxyl groups is 1. The number of non-ortho nitro benzene ring substituents is 1. The van der Waals surface area contributed by atoms with Gasteiger partial charge < -0.3 is 9.84 Å². The van der Waals surface area contributed by atoms with Gasteiger partial charge in [0.15, 0.2) is 5.13 Å². The van der Waals surface area contributed by atoms with Gasteiger partial charge in [0.2, 0.25) is 0 Å². The summed E-state index contributed by atoms with van der Waals surface area (Å²) >= 11 is 1.20. The van der Waals surface area contributed by atoms with E-state index in [2.05, 4.69) is 4.98 Å². The van der Waals surface area contributed by atoms with Gasteiger partial charge in [-0.1, -0.05) is 41.7 Å². The molecule has 1 unspecified atom stereocenters.